The van der Waals surface area contributed by atoms with E-state index in [0.29, 0.717) is 0 Å². The van der Waals surface area contributed by atoms with Crippen molar-refractivity contribution in [2.45, 2.75) is 0 Å². The predicted octanol–water partition coefficient (Wildman–Crippen LogP) is 10.3. The molecule has 0 bridgehead atoms. The van der Waals surface area contributed by atoms with Crippen molar-refractivity contribution in [2.24, 2.45) is 0 Å². The van der Waals surface area contributed by atoms with E-state index in [0.717, 1.165) is 77.9 Å². The standard InChI is InChI=1S/C43H29N5/c1-6-30(16-34(10-1)38-14-5-15-44-23-38)31-7-2-11-35(17-31)39-20-40(22-41(21-39)43-26-47-29-48-27-43)36-12-3-8-32(18-36)33-9-4-13-37(19-33)42-24-45-28-46-25-42/h1-29H. The molecule has 0 aliphatic carbocycles. The summed E-state index contributed by atoms with van der Waals surface area (Å²) >= 11 is 0. The fourth-order valence-electron chi connectivity index (χ4n) is 6.07. The molecule has 0 atom stereocenters. The van der Waals surface area contributed by atoms with Crippen molar-refractivity contribution in [1.29, 1.82) is 0 Å². The number of pyridine rings is 1. The Morgan fingerprint density at radius 1 is 0.229 bits per heavy atom. The van der Waals surface area contributed by atoms with Crippen molar-refractivity contribution < 1.29 is 0 Å². The monoisotopic (exact) mass is 615 g/mol. The van der Waals surface area contributed by atoms with Crippen LogP contribution in [0, 0.1) is 0 Å². The Morgan fingerprint density at radius 2 is 0.500 bits per heavy atom. The lowest BCUT2D eigenvalue weighted by atomic mass is 9.91. The van der Waals surface area contributed by atoms with Crippen LogP contribution in [0.3, 0.4) is 0 Å². The van der Waals surface area contributed by atoms with Crippen molar-refractivity contribution in [1.82, 2.24) is 24.9 Å². The van der Waals surface area contributed by atoms with Crippen LogP contribution < -0.4 is 0 Å². The number of rotatable bonds is 7. The Bertz CT molecular complexity index is 2190. The molecule has 0 N–H and O–H groups in total. The van der Waals surface area contributed by atoms with E-state index >= 15 is 0 Å². The lowest BCUT2D eigenvalue weighted by Gasteiger charge is -2.13. The molecule has 0 saturated heterocycles. The largest absolute Gasteiger partial charge is 0.264 e. The van der Waals surface area contributed by atoms with Crippen LogP contribution in [0.25, 0.3) is 77.9 Å². The van der Waals surface area contributed by atoms with Crippen LogP contribution >= 0.6 is 0 Å². The molecule has 0 radical (unpaired) electrons. The third kappa shape index (κ3) is 6.13. The molecule has 5 aromatic carbocycles. The number of hydrogen-bond donors (Lipinski definition) is 0. The van der Waals surface area contributed by atoms with E-state index in [2.05, 4.69) is 146 Å². The highest BCUT2D eigenvalue weighted by Gasteiger charge is 2.11. The zero-order chi connectivity index (χ0) is 32.1. The summed E-state index contributed by atoms with van der Waals surface area (Å²) in [6, 6.07) is 45.3. The molecule has 5 heteroatoms. The van der Waals surface area contributed by atoms with E-state index in [9.17, 15) is 0 Å². The Hall–Kier alpha value is -6.59. The number of nitrogens with zero attached hydrogens (tertiary/aromatic N) is 5. The molecule has 0 aliphatic heterocycles. The van der Waals surface area contributed by atoms with Crippen LogP contribution in [0.5, 0.6) is 0 Å². The van der Waals surface area contributed by atoms with Gasteiger partial charge < -0.3 is 0 Å². The van der Waals surface area contributed by atoms with Crippen molar-refractivity contribution in [2.75, 3.05) is 0 Å². The zero-order valence-corrected chi connectivity index (χ0v) is 26.0. The van der Waals surface area contributed by atoms with Crippen LogP contribution in [0.4, 0.5) is 0 Å². The Kier molecular flexibility index (Phi) is 7.83. The lowest BCUT2D eigenvalue weighted by molar-refractivity contribution is 1.17. The van der Waals surface area contributed by atoms with Crippen molar-refractivity contribution in [3.05, 3.63) is 177 Å². The Balaban J connectivity index is 1.20. The van der Waals surface area contributed by atoms with Gasteiger partial charge in [-0.3, -0.25) is 4.98 Å². The highest BCUT2D eigenvalue weighted by molar-refractivity contribution is 5.85. The van der Waals surface area contributed by atoms with E-state index in [4.69, 9.17) is 0 Å². The predicted molar refractivity (Wildman–Crippen MR) is 193 cm³/mol. The molecule has 0 aliphatic rings. The normalized spacial score (nSPS) is 10.9. The molecule has 3 aromatic heterocycles. The molecule has 0 spiro atoms. The second-order valence-corrected chi connectivity index (χ2v) is 11.6. The molecule has 0 amide bonds. The summed E-state index contributed by atoms with van der Waals surface area (Å²) in [5.41, 5.74) is 15.4. The maximum atomic E-state index is 4.32. The average Bonchev–Trinajstić information content (AvgIpc) is 3.19. The Morgan fingerprint density at radius 3 is 0.896 bits per heavy atom. The summed E-state index contributed by atoms with van der Waals surface area (Å²) in [7, 11) is 0. The van der Waals surface area contributed by atoms with E-state index < -0.39 is 0 Å². The van der Waals surface area contributed by atoms with Crippen molar-refractivity contribution in [3.63, 3.8) is 0 Å². The average molecular weight is 616 g/mol. The van der Waals surface area contributed by atoms with E-state index in [1.54, 1.807) is 18.9 Å². The molecule has 5 nitrogen and oxygen atoms in total. The number of hydrogen-bond acceptors (Lipinski definition) is 5. The van der Waals surface area contributed by atoms with Crippen LogP contribution in [-0.4, -0.2) is 24.9 Å². The topological polar surface area (TPSA) is 64.5 Å². The second-order valence-electron chi connectivity index (χ2n) is 11.6. The highest BCUT2D eigenvalue weighted by atomic mass is 14.8. The van der Waals surface area contributed by atoms with Crippen LogP contribution in [0.15, 0.2) is 177 Å². The van der Waals surface area contributed by atoms with Gasteiger partial charge in [0.2, 0.25) is 0 Å². The van der Waals surface area contributed by atoms with E-state index in [-0.39, 0.29) is 0 Å². The third-order valence-corrected chi connectivity index (χ3v) is 8.50. The van der Waals surface area contributed by atoms with Gasteiger partial charge in [-0.2, -0.15) is 0 Å². The van der Waals surface area contributed by atoms with Gasteiger partial charge in [0, 0.05) is 53.9 Å². The molecular weight excluding hydrogens is 587 g/mol. The molecule has 48 heavy (non-hydrogen) atoms. The first-order chi connectivity index (χ1) is 23.8. The van der Waals surface area contributed by atoms with Gasteiger partial charge in [-0.15, -0.1) is 0 Å². The fraction of sp³-hybridized carbons (Fsp3) is 0. The molecule has 8 aromatic rings. The highest BCUT2D eigenvalue weighted by Crippen LogP contribution is 2.36. The van der Waals surface area contributed by atoms with Crippen LogP contribution in [0.1, 0.15) is 0 Å². The summed E-state index contributed by atoms with van der Waals surface area (Å²) in [4.78, 5) is 21.3. The maximum absolute atomic E-state index is 4.32. The van der Waals surface area contributed by atoms with Crippen molar-refractivity contribution in [3.8, 4) is 77.9 Å². The third-order valence-electron chi connectivity index (χ3n) is 8.50. The Labute approximate surface area is 279 Å². The summed E-state index contributed by atoms with van der Waals surface area (Å²) < 4.78 is 0. The molecular formula is C43H29N5. The second kappa shape index (κ2) is 13.0. The summed E-state index contributed by atoms with van der Waals surface area (Å²) in [5, 5.41) is 0. The first-order valence-electron chi connectivity index (χ1n) is 15.7. The minimum atomic E-state index is 0.967. The molecule has 0 fully saturated rings. The first-order valence-corrected chi connectivity index (χ1v) is 15.7. The van der Waals surface area contributed by atoms with Gasteiger partial charge in [-0.1, -0.05) is 78.9 Å². The number of aromatic nitrogens is 5. The minimum absolute atomic E-state index is 0.967. The quantitative estimate of drug-likeness (QED) is 0.178. The van der Waals surface area contributed by atoms with Gasteiger partial charge in [-0.25, -0.2) is 19.9 Å². The van der Waals surface area contributed by atoms with Crippen molar-refractivity contribution >= 4 is 0 Å². The van der Waals surface area contributed by atoms with E-state index in [1.807, 2.05) is 37.1 Å². The van der Waals surface area contributed by atoms with Crippen LogP contribution in [-0.2, 0) is 0 Å². The maximum Gasteiger partial charge on any atom is 0.115 e. The summed E-state index contributed by atoms with van der Waals surface area (Å²) in [6.45, 7) is 0. The first kappa shape index (κ1) is 28.9. The molecule has 0 unspecified atom stereocenters. The van der Waals surface area contributed by atoms with E-state index in [1.165, 1.54) is 0 Å². The van der Waals surface area contributed by atoms with Gasteiger partial charge in [0.25, 0.3) is 0 Å². The summed E-state index contributed by atoms with van der Waals surface area (Å²) in [5.74, 6) is 0. The molecule has 0 saturated carbocycles. The molecule has 3 heterocycles. The molecule has 8 rings (SSSR count). The smallest absolute Gasteiger partial charge is 0.115 e. The van der Waals surface area contributed by atoms with Gasteiger partial charge >= 0.3 is 0 Å². The summed E-state index contributed by atoms with van der Waals surface area (Å²) in [6.07, 6.45) is 14.2. The minimum Gasteiger partial charge on any atom is -0.264 e. The number of benzene rings is 5. The van der Waals surface area contributed by atoms with Gasteiger partial charge in [0.15, 0.2) is 0 Å². The van der Waals surface area contributed by atoms with Gasteiger partial charge in [0.1, 0.15) is 12.7 Å². The van der Waals surface area contributed by atoms with Gasteiger partial charge in [-0.05, 0) is 110 Å². The zero-order valence-electron chi connectivity index (χ0n) is 26.0. The van der Waals surface area contributed by atoms with Crippen LogP contribution in [0.2, 0.25) is 0 Å². The molecule has 226 valence electrons. The lowest BCUT2D eigenvalue weighted by Crippen LogP contribution is -1.89. The fourth-order valence-corrected chi connectivity index (χ4v) is 6.07. The SMILES string of the molecule is c1cncc(-c2cccc(-c3cccc(-c4cc(-c5cncnc5)cc(-c5cccc(-c6cccc(-c7cncnc7)c6)c5)c4)c3)c2)c1. The van der Waals surface area contributed by atoms with Gasteiger partial charge in [0.05, 0.1) is 0 Å².